The molecule has 0 bridgehead atoms. The summed E-state index contributed by atoms with van der Waals surface area (Å²) in [5.74, 6) is 0. The summed E-state index contributed by atoms with van der Waals surface area (Å²) in [4.78, 5) is 8.33. The van der Waals surface area contributed by atoms with Gasteiger partial charge in [0.15, 0.2) is 0 Å². The van der Waals surface area contributed by atoms with Gasteiger partial charge in [0, 0.05) is 42.2 Å². The lowest BCUT2D eigenvalue weighted by atomic mass is 9.80. The minimum absolute atomic E-state index is 0.306. The monoisotopic (exact) mass is 396 g/mol. The highest BCUT2D eigenvalue weighted by molar-refractivity contribution is 6.62. The molecule has 144 valence electrons. The molecule has 1 fully saturated rings. The number of halogens is 1. The molecule has 1 aliphatic heterocycles. The van der Waals surface area contributed by atoms with Gasteiger partial charge in [0.05, 0.1) is 11.2 Å². The molecule has 8 heteroatoms. The molecule has 0 saturated carbocycles. The number of aromatic nitrogens is 4. The van der Waals surface area contributed by atoms with Crippen molar-refractivity contribution in [1.82, 2.24) is 18.8 Å². The quantitative estimate of drug-likeness (QED) is 0.461. The number of nitrogens with zero attached hydrogens (tertiary/aromatic N) is 4. The van der Waals surface area contributed by atoms with Crippen molar-refractivity contribution in [2.45, 2.75) is 38.9 Å². The summed E-state index contributed by atoms with van der Waals surface area (Å²) in [6.07, 6.45) is 11.2. The van der Waals surface area contributed by atoms with Gasteiger partial charge < -0.3 is 18.1 Å². The van der Waals surface area contributed by atoms with Gasteiger partial charge in [0.1, 0.15) is 11.3 Å². The standard InChI is InChI=1S/C13H17BN2O2.C7H5ClN2/c1-12(2)13(3,4)18-14(17-12)10-5-7-16-8-6-15-11(16)9-10;8-6-1-3-10-4-2-9-7(10)5-6/h5-9H,1-4H3;1-5H. The van der Waals surface area contributed by atoms with Gasteiger partial charge in [-0.15, -0.1) is 0 Å². The molecule has 6 nitrogen and oxygen atoms in total. The van der Waals surface area contributed by atoms with E-state index < -0.39 is 0 Å². The SMILES string of the molecule is CC1(C)OB(c2ccn3ccnc3c2)OC1(C)C.Clc1ccn2ccnc2c1. The van der Waals surface area contributed by atoms with E-state index in [4.69, 9.17) is 20.9 Å². The number of pyridine rings is 2. The van der Waals surface area contributed by atoms with E-state index in [-0.39, 0.29) is 18.3 Å². The van der Waals surface area contributed by atoms with Crippen molar-refractivity contribution in [3.05, 3.63) is 66.5 Å². The highest BCUT2D eigenvalue weighted by atomic mass is 35.5. The third-order valence-corrected chi connectivity index (χ3v) is 5.54. The van der Waals surface area contributed by atoms with Gasteiger partial charge >= 0.3 is 7.12 Å². The Morgan fingerprint density at radius 3 is 1.96 bits per heavy atom. The Kier molecular flexibility index (Phi) is 4.69. The van der Waals surface area contributed by atoms with Crippen LogP contribution in [0.1, 0.15) is 27.7 Å². The number of hydrogen-bond donors (Lipinski definition) is 0. The lowest BCUT2D eigenvalue weighted by Crippen LogP contribution is -2.41. The highest BCUT2D eigenvalue weighted by Crippen LogP contribution is 2.36. The zero-order valence-corrected chi connectivity index (χ0v) is 17.1. The van der Waals surface area contributed by atoms with Gasteiger partial charge in [-0.2, -0.15) is 0 Å². The van der Waals surface area contributed by atoms with Gasteiger partial charge in [0.2, 0.25) is 0 Å². The fourth-order valence-electron chi connectivity index (χ4n) is 2.94. The summed E-state index contributed by atoms with van der Waals surface area (Å²) in [5, 5.41) is 0.721. The predicted molar refractivity (Wildman–Crippen MR) is 111 cm³/mol. The molecule has 0 aromatic carbocycles. The number of hydrogen-bond acceptors (Lipinski definition) is 4. The Hall–Kier alpha value is -2.35. The Labute approximate surface area is 169 Å². The molecule has 0 spiro atoms. The molecule has 5 heterocycles. The number of imidazole rings is 2. The molecule has 4 aromatic rings. The summed E-state index contributed by atoms with van der Waals surface area (Å²) < 4.78 is 15.9. The van der Waals surface area contributed by atoms with Crippen LogP contribution in [0.5, 0.6) is 0 Å². The van der Waals surface area contributed by atoms with Crippen LogP contribution < -0.4 is 5.46 Å². The average molecular weight is 397 g/mol. The molecule has 5 rings (SSSR count). The van der Waals surface area contributed by atoms with E-state index >= 15 is 0 Å². The molecule has 4 aromatic heterocycles. The minimum Gasteiger partial charge on any atom is -0.399 e. The number of rotatable bonds is 1. The van der Waals surface area contributed by atoms with E-state index in [0.29, 0.717) is 0 Å². The second-order valence-corrected chi connectivity index (χ2v) is 8.22. The van der Waals surface area contributed by atoms with E-state index in [1.54, 1.807) is 12.4 Å². The van der Waals surface area contributed by atoms with Crippen molar-refractivity contribution >= 4 is 35.5 Å². The molecule has 0 aliphatic carbocycles. The average Bonchev–Trinajstić information content (AvgIpc) is 3.32. The maximum Gasteiger partial charge on any atom is 0.495 e. The molecular formula is C20H22BClN4O2. The maximum absolute atomic E-state index is 6.02. The van der Waals surface area contributed by atoms with Crippen LogP contribution in [0.15, 0.2) is 61.4 Å². The molecule has 1 aliphatic rings. The van der Waals surface area contributed by atoms with Crippen molar-refractivity contribution in [2.75, 3.05) is 0 Å². The van der Waals surface area contributed by atoms with Crippen molar-refractivity contribution < 1.29 is 9.31 Å². The summed E-state index contributed by atoms with van der Waals surface area (Å²) in [7, 11) is -0.323. The summed E-state index contributed by atoms with van der Waals surface area (Å²) in [5.41, 5.74) is 2.18. The molecule has 0 N–H and O–H groups in total. The maximum atomic E-state index is 6.02. The van der Waals surface area contributed by atoms with Crippen molar-refractivity contribution in [3.63, 3.8) is 0 Å². The molecule has 1 saturated heterocycles. The van der Waals surface area contributed by atoms with Crippen LogP contribution in [-0.4, -0.2) is 37.1 Å². The van der Waals surface area contributed by atoms with E-state index in [9.17, 15) is 0 Å². The predicted octanol–water partition coefficient (Wildman–Crippen LogP) is 3.62. The van der Waals surface area contributed by atoms with Crippen LogP contribution in [0, 0.1) is 0 Å². The first-order chi connectivity index (χ1) is 13.2. The Morgan fingerprint density at radius 2 is 1.36 bits per heavy atom. The largest absolute Gasteiger partial charge is 0.495 e. The topological polar surface area (TPSA) is 53.1 Å². The van der Waals surface area contributed by atoms with E-state index in [2.05, 4.69) is 37.7 Å². The fourth-order valence-corrected chi connectivity index (χ4v) is 3.09. The Morgan fingerprint density at radius 1 is 0.821 bits per heavy atom. The summed E-state index contributed by atoms with van der Waals surface area (Å²) in [6, 6.07) is 7.66. The lowest BCUT2D eigenvalue weighted by molar-refractivity contribution is 0.00578. The molecule has 0 amide bonds. The number of fused-ring (bicyclic) bond motifs is 2. The first-order valence-electron chi connectivity index (χ1n) is 9.12. The normalized spacial score (nSPS) is 17.7. The molecular weight excluding hydrogens is 375 g/mol. The van der Waals surface area contributed by atoms with Crippen LogP contribution in [0.4, 0.5) is 0 Å². The smallest absolute Gasteiger partial charge is 0.399 e. The molecule has 0 radical (unpaired) electrons. The van der Waals surface area contributed by atoms with E-state index in [1.165, 1.54) is 0 Å². The first kappa shape index (κ1) is 19.0. The third kappa shape index (κ3) is 3.53. The van der Waals surface area contributed by atoms with E-state index in [0.717, 1.165) is 21.8 Å². The van der Waals surface area contributed by atoms with Gasteiger partial charge in [-0.05, 0) is 57.4 Å². The molecule has 28 heavy (non-hydrogen) atoms. The van der Waals surface area contributed by atoms with Crippen molar-refractivity contribution in [3.8, 4) is 0 Å². The van der Waals surface area contributed by atoms with Gasteiger partial charge in [0.25, 0.3) is 0 Å². The molecule has 0 atom stereocenters. The van der Waals surface area contributed by atoms with Crippen molar-refractivity contribution in [1.29, 1.82) is 0 Å². The van der Waals surface area contributed by atoms with E-state index in [1.807, 2.05) is 57.9 Å². The second kappa shape index (κ2) is 6.92. The summed E-state index contributed by atoms with van der Waals surface area (Å²) in [6.45, 7) is 8.23. The zero-order chi connectivity index (χ0) is 19.9. The van der Waals surface area contributed by atoms with Crippen LogP contribution in [-0.2, 0) is 9.31 Å². The minimum atomic E-state index is -0.323. The van der Waals surface area contributed by atoms with Crippen molar-refractivity contribution in [2.24, 2.45) is 0 Å². The van der Waals surface area contributed by atoms with Crippen LogP contribution in [0.2, 0.25) is 5.02 Å². The molecule has 0 unspecified atom stereocenters. The third-order valence-electron chi connectivity index (χ3n) is 5.31. The van der Waals surface area contributed by atoms with Crippen LogP contribution >= 0.6 is 11.6 Å². The Balaban J connectivity index is 0.000000162. The highest BCUT2D eigenvalue weighted by Gasteiger charge is 2.51. The first-order valence-corrected chi connectivity index (χ1v) is 9.49. The lowest BCUT2D eigenvalue weighted by Gasteiger charge is -2.32. The fraction of sp³-hybridized carbons (Fsp3) is 0.300. The van der Waals surface area contributed by atoms with Gasteiger partial charge in [-0.3, -0.25) is 0 Å². The van der Waals surface area contributed by atoms with Gasteiger partial charge in [-0.25, -0.2) is 9.97 Å². The zero-order valence-electron chi connectivity index (χ0n) is 16.3. The van der Waals surface area contributed by atoms with Crippen LogP contribution in [0.3, 0.4) is 0 Å². The van der Waals surface area contributed by atoms with Gasteiger partial charge in [-0.1, -0.05) is 11.6 Å². The van der Waals surface area contributed by atoms with Crippen LogP contribution in [0.25, 0.3) is 11.3 Å². The summed E-state index contributed by atoms with van der Waals surface area (Å²) >= 11 is 5.72. The second-order valence-electron chi connectivity index (χ2n) is 7.78. The Bertz CT molecular complexity index is 1110.